The molecule has 0 bridgehead atoms. The first-order valence-electron chi connectivity index (χ1n) is 8.69. The minimum absolute atomic E-state index is 0.102. The number of carbonyl (C=O) groups is 3. The molecule has 1 amide bonds. The first-order valence-corrected chi connectivity index (χ1v) is 8.69. The van der Waals surface area contributed by atoms with Crippen LogP contribution in [-0.4, -0.2) is 29.3 Å². The fourth-order valence-corrected chi connectivity index (χ4v) is 2.96. The second kappa shape index (κ2) is 7.11. The Bertz CT molecular complexity index is 1100. The Balaban J connectivity index is 1.37. The SMILES string of the molecule is C[C@H]1C(=O)Nc2ccc(C(=O)COC(=O)/C=C/c3nc4ccccc4o3)cc21. The van der Waals surface area contributed by atoms with Crippen molar-refractivity contribution in [3.63, 3.8) is 0 Å². The van der Waals surface area contributed by atoms with Crippen LogP contribution >= 0.6 is 0 Å². The van der Waals surface area contributed by atoms with Crippen LogP contribution in [0.25, 0.3) is 17.2 Å². The summed E-state index contributed by atoms with van der Waals surface area (Å²) in [6.45, 7) is 1.37. The number of nitrogens with zero attached hydrogens (tertiary/aromatic N) is 1. The molecular formula is C21H16N2O5. The average molecular weight is 376 g/mol. The zero-order chi connectivity index (χ0) is 19.7. The van der Waals surface area contributed by atoms with Crippen molar-refractivity contribution < 1.29 is 23.5 Å². The van der Waals surface area contributed by atoms with Gasteiger partial charge in [-0.1, -0.05) is 12.1 Å². The largest absolute Gasteiger partial charge is 0.454 e. The third kappa shape index (κ3) is 3.42. The molecule has 1 aliphatic rings. The Kier molecular flexibility index (Phi) is 4.49. The molecule has 4 rings (SSSR count). The van der Waals surface area contributed by atoms with E-state index in [0.29, 0.717) is 22.4 Å². The minimum atomic E-state index is -0.679. The van der Waals surface area contributed by atoms with E-state index in [1.165, 1.54) is 6.08 Å². The van der Waals surface area contributed by atoms with Crippen LogP contribution in [0.15, 0.2) is 53.0 Å². The van der Waals surface area contributed by atoms with E-state index in [-0.39, 0.29) is 23.5 Å². The number of benzene rings is 2. The van der Waals surface area contributed by atoms with E-state index in [0.717, 1.165) is 11.6 Å². The van der Waals surface area contributed by atoms with Gasteiger partial charge in [-0.15, -0.1) is 0 Å². The number of fused-ring (bicyclic) bond motifs is 2. The van der Waals surface area contributed by atoms with Gasteiger partial charge in [0.1, 0.15) is 5.52 Å². The molecule has 2 heterocycles. The van der Waals surface area contributed by atoms with Crippen molar-refractivity contribution in [1.29, 1.82) is 0 Å². The summed E-state index contributed by atoms with van der Waals surface area (Å²) in [4.78, 5) is 40.1. The lowest BCUT2D eigenvalue weighted by atomic mass is 9.99. The molecule has 140 valence electrons. The van der Waals surface area contributed by atoms with Crippen molar-refractivity contribution in [3.8, 4) is 0 Å². The van der Waals surface area contributed by atoms with Crippen LogP contribution in [0.1, 0.15) is 34.7 Å². The molecule has 0 saturated carbocycles. The zero-order valence-corrected chi connectivity index (χ0v) is 15.0. The summed E-state index contributed by atoms with van der Waals surface area (Å²) in [7, 11) is 0. The number of Topliss-reactive ketones (excluding diaryl/α,β-unsaturated/α-hetero) is 1. The highest BCUT2D eigenvalue weighted by molar-refractivity contribution is 6.05. The molecule has 3 aromatic rings. The maximum Gasteiger partial charge on any atom is 0.331 e. The van der Waals surface area contributed by atoms with E-state index in [1.807, 2.05) is 12.1 Å². The van der Waals surface area contributed by atoms with Gasteiger partial charge in [0.25, 0.3) is 0 Å². The van der Waals surface area contributed by atoms with Crippen LogP contribution in [0.4, 0.5) is 5.69 Å². The Morgan fingerprint density at radius 1 is 1.25 bits per heavy atom. The Labute approximate surface area is 160 Å². The molecule has 1 aliphatic heterocycles. The van der Waals surface area contributed by atoms with Gasteiger partial charge in [-0.05, 0) is 42.8 Å². The average Bonchev–Trinajstić information content (AvgIpc) is 3.24. The number of ether oxygens (including phenoxy) is 1. The predicted octanol–water partition coefficient (Wildman–Crippen LogP) is 3.32. The van der Waals surface area contributed by atoms with Gasteiger partial charge in [0.15, 0.2) is 18.0 Å². The number of carbonyl (C=O) groups excluding carboxylic acids is 3. The molecule has 7 heteroatoms. The standard InChI is InChI=1S/C21H16N2O5/c1-12-14-10-13(6-7-15(14)23-21(12)26)17(24)11-27-20(25)9-8-19-22-16-4-2-3-5-18(16)28-19/h2-10,12H,11H2,1H3,(H,23,26)/b9-8+/t12-/m1/s1. The van der Waals surface area contributed by atoms with Gasteiger partial charge in [-0.3, -0.25) is 9.59 Å². The van der Waals surface area contributed by atoms with E-state index in [9.17, 15) is 14.4 Å². The van der Waals surface area contributed by atoms with E-state index >= 15 is 0 Å². The van der Waals surface area contributed by atoms with Gasteiger partial charge in [0, 0.05) is 23.4 Å². The minimum Gasteiger partial charge on any atom is -0.454 e. The molecule has 0 fully saturated rings. The van der Waals surface area contributed by atoms with Crippen molar-refractivity contribution in [3.05, 3.63) is 65.6 Å². The van der Waals surface area contributed by atoms with Crippen LogP contribution in [0.5, 0.6) is 0 Å². The third-order valence-corrected chi connectivity index (χ3v) is 4.51. The number of ketones is 1. The summed E-state index contributed by atoms with van der Waals surface area (Å²) in [5.74, 6) is -1.17. The maximum atomic E-state index is 12.3. The lowest BCUT2D eigenvalue weighted by Crippen LogP contribution is -2.13. The zero-order valence-electron chi connectivity index (χ0n) is 15.0. The van der Waals surface area contributed by atoms with Gasteiger partial charge in [-0.2, -0.15) is 0 Å². The molecule has 0 aliphatic carbocycles. The summed E-state index contributed by atoms with van der Waals surface area (Å²) < 4.78 is 10.5. The molecule has 1 aromatic heterocycles. The van der Waals surface area contributed by atoms with Crippen molar-refractivity contribution in [2.24, 2.45) is 0 Å². The smallest absolute Gasteiger partial charge is 0.331 e. The first-order chi connectivity index (χ1) is 13.5. The summed E-state index contributed by atoms with van der Waals surface area (Å²) in [5.41, 5.74) is 3.15. The monoisotopic (exact) mass is 376 g/mol. The molecule has 1 N–H and O–H groups in total. The Morgan fingerprint density at radius 3 is 2.89 bits per heavy atom. The summed E-state index contributed by atoms with van der Waals surface area (Å²) in [5, 5.41) is 2.75. The highest BCUT2D eigenvalue weighted by atomic mass is 16.5. The normalized spacial score (nSPS) is 15.6. The van der Waals surface area contributed by atoms with Crippen molar-refractivity contribution in [2.45, 2.75) is 12.8 Å². The lowest BCUT2D eigenvalue weighted by molar-refractivity contribution is -0.136. The number of aromatic nitrogens is 1. The van der Waals surface area contributed by atoms with Crippen LogP contribution in [0.2, 0.25) is 0 Å². The summed E-state index contributed by atoms with van der Waals surface area (Å²) >= 11 is 0. The quantitative estimate of drug-likeness (QED) is 0.417. The van der Waals surface area contributed by atoms with Gasteiger partial charge in [-0.25, -0.2) is 9.78 Å². The van der Waals surface area contributed by atoms with Gasteiger partial charge in [0.2, 0.25) is 11.8 Å². The molecule has 2 aromatic carbocycles. The number of nitrogens with one attached hydrogen (secondary N) is 1. The molecule has 0 radical (unpaired) electrons. The maximum absolute atomic E-state index is 12.3. The highest BCUT2D eigenvalue weighted by Crippen LogP contribution is 2.32. The van der Waals surface area contributed by atoms with E-state index in [1.54, 1.807) is 37.3 Å². The first kappa shape index (κ1) is 17.7. The van der Waals surface area contributed by atoms with Crippen LogP contribution in [-0.2, 0) is 14.3 Å². The molecule has 1 atom stereocenters. The second-order valence-electron chi connectivity index (χ2n) is 6.40. The van der Waals surface area contributed by atoms with Gasteiger partial charge < -0.3 is 14.5 Å². The number of anilines is 1. The number of amides is 1. The second-order valence-corrected chi connectivity index (χ2v) is 6.40. The molecular weight excluding hydrogens is 360 g/mol. The van der Waals surface area contributed by atoms with Crippen LogP contribution < -0.4 is 5.32 Å². The van der Waals surface area contributed by atoms with Crippen molar-refractivity contribution >= 4 is 40.5 Å². The highest BCUT2D eigenvalue weighted by Gasteiger charge is 2.27. The number of hydrogen-bond donors (Lipinski definition) is 1. The number of esters is 1. The molecule has 7 nitrogen and oxygen atoms in total. The van der Waals surface area contributed by atoms with Crippen molar-refractivity contribution in [1.82, 2.24) is 4.98 Å². The summed E-state index contributed by atoms with van der Waals surface area (Å²) in [6.07, 6.45) is 2.55. The van der Waals surface area contributed by atoms with Gasteiger partial charge in [0.05, 0.1) is 5.92 Å². The van der Waals surface area contributed by atoms with Crippen LogP contribution in [0, 0.1) is 0 Å². The van der Waals surface area contributed by atoms with Crippen LogP contribution in [0.3, 0.4) is 0 Å². The number of rotatable bonds is 5. The number of oxazole rings is 1. The van der Waals surface area contributed by atoms with E-state index in [4.69, 9.17) is 9.15 Å². The number of hydrogen-bond acceptors (Lipinski definition) is 6. The topological polar surface area (TPSA) is 98.5 Å². The van der Waals surface area contributed by atoms with E-state index in [2.05, 4.69) is 10.3 Å². The van der Waals surface area contributed by atoms with Crippen molar-refractivity contribution in [2.75, 3.05) is 11.9 Å². The summed E-state index contributed by atoms with van der Waals surface area (Å²) in [6, 6.07) is 12.2. The van der Waals surface area contributed by atoms with Gasteiger partial charge >= 0.3 is 5.97 Å². The predicted molar refractivity (Wildman–Crippen MR) is 102 cm³/mol. The lowest BCUT2D eigenvalue weighted by Gasteiger charge is -2.05. The molecule has 0 saturated heterocycles. The number of para-hydroxylation sites is 2. The fourth-order valence-electron chi connectivity index (χ4n) is 2.96. The fraction of sp³-hybridized carbons (Fsp3) is 0.143. The molecule has 0 spiro atoms. The molecule has 28 heavy (non-hydrogen) atoms. The molecule has 0 unspecified atom stereocenters. The van der Waals surface area contributed by atoms with E-state index < -0.39 is 12.6 Å². The third-order valence-electron chi connectivity index (χ3n) is 4.51. The Morgan fingerprint density at radius 2 is 2.07 bits per heavy atom. The Hall–Kier alpha value is -3.74.